The Balaban J connectivity index is 2.04. The second-order valence-electron chi connectivity index (χ2n) is 4.37. The molecular weight excluding hydrogens is 241 g/mol. The Labute approximate surface area is 113 Å². The van der Waals surface area contributed by atoms with Crippen molar-refractivity contribution in [1.82, 2.24) is 0 Å². The fraction of sp³-hybridized carbons (Fsp3) is 0.250. The Morgan fingerprint density at radius 1 is 1.16 bits per heavy atom. The van der Waals surface area contributed by atoms with Gasteiger partial charge >= 0.3 is 0 Å². The van der Waals surface area contributed by atoms with Crippen LogP contribution in [0.25, 0.3) is 0 Å². The molecule has 1 unspecified atom stereocenters. The van der Waals surface area contributed by atoms with Crippen LogP contribution in [0, 0.1) is 5.82 Å². The van der Waals surface area contributed by atoms with Gasteiger partial charge in [0.2, 0.25) is 0 Å². The molecular formula is C16H18FNO. The average molecular weight is 259 g/mol. The maximum absolute atomic E-state index is 13.1. The molecule has 1 atom stereocenters. The zero-order valence-electron chi connectivity index (χ0n) is 11.2. The van der Waals surface area contributed by atoms with Gasteiger partial charge in [-0.25, -0.2) is 4.39 Å². The number of anilines is 1. The Kier molecular flexibility index (Phi) is 4.39. The molecule has 0 aromatic heterocycles. The summed E-state index contributed by atoms with van der Waals surface area (Å²) in [6, 6.07) is 14.2. The lowest BCUT2D eigenvalue weighted by atomic mass is 10.1. The monoisotopic (exact) mass is 259 g/mol. The Morgan fingerprint density at radius 2 is 1.89 bits per heavy atom. The predicted octanol–water partition coefficient (Wildman–Crippen LogP) is 4.40. The van der Waals surface area contributed by atoms with E-state index in [0.717, 1.165) is 23.5 Å². The van der Waals surface area contributed by atoms with Crippen LogP contribution >= 0.6 is 0 Å². The normalized spacial score (nSPS) is 11.9. The molecule has 0 spiro atoms. The quantitative estimate of drug-likeness (QED) is 0.859. The van der Waals surface area contributed by atoms with Crippen molar-refractivity contribution in [3.8, 4) is 5.75 Å². The van der Waals surface area contributed by atoms with Crippen LogP contribution in [0.15, 0.2) is 48.5 Å². The number of rotatable bonds is 5. The summed E-state index contributed by atoms with van der Waals surface area (Å²) < 4.78 is 18.9. The first-order chi connectivity index (χ1) is 9.19. The van der Waals surface area contributed by atoms with Crippen LogP contribution in [-0.2, 0) is 0 Å². The lowest BCUT2D eigenvalue weighted by Gasteiger charge is -2.15. The van der Waals surface area contributed by atoms with E-state index in [4.69, 9.17) is 4.74 Å². The van der Waals surface area contributed by atoms with Crippen LogP contribution in [0.1, 0.15) is 25.5 Å². The Morgan fingerprint density at radius 3 is 2.53 bits per heavy atom. The molecule has 0 heterocycles. The van der Waals surface area contributed by atoms with E-state index in [1.165, 1.54) is 12.1 Å². The van der Waals surface area contributed by atoms with E-state index in [1.54, 1.807) is 6.07 Å². The summed E-state index contributed by atoms with van der Waals surface area (Å²) in [7, 11) is 0. The summed E-state index contributed by atoms with van der Waals surface area (Å²) >= 11 is 0. The topological polar surface area (TPSA) is 21.3 Å². The van der Waals surface area contributed by atoms with Crippen LogP contribution in [0.5, 0.6) is 5.75 Å². The lowest BCUT2D eigenvalue weighted by Crippen LogP contribution is -2.03. The second kappa shape index (κ2) is 6.23. The number of benzene rings is 2. The third kappa shape index (κ3) is 3.71. The van der Waals surface area contributed by atoms with Gasteiger partial charge < -0.3 is 10.1 Å². The molecule has 0 amide bonds. The second-order valence-corrected chi connectivity index (χ2v) is 4.37. The number of hydrogen-bond acceptors (Lipinski definition) is 2. The first kappa shape index (κ1) is 13.4. The van der Waals surface area contributed by atoms with E-state index < -0.39 is 0 Å². The van der Waals surface area contributed by atoms with Gasteiger partial charge in [-0.15, -0.1) is 0 Å². The molecule has 0 aliphatic rings. The molecule has 0 fully saturated rings. The van der Waals surface area contributed by atoms with Crippen molar-refractivity contribution < 1.29 is 9.13 Å². The van der Waals surface area contributed by atoms with Crippen LogP contribution in [0.3, 0.4) is 0 Å². The highest BCUT2D eigenvalue weighted by Crippen LogP contribution is 2.23. The molecule has 0 radical (unpaired) electrons. The molecule has 2 rings (SSSR count). The summed E-state index contributed by atoms with van der Waals surface area (Å²) in [5, 5.41) is 3.22. The Bertz CT molecular complexity index is 525. The largest absolute Gasteiger partial charge is 0.486 e. The zero-order valence-corrected chi connectivity index (χ0v) is 11.2. The van der Waals surface area contributed by atoms with Gasteiger partial charge in [0.15, 0.2) is 0 Å². The van der Waals surface area contributed by atoms with Gasteiger partial charge in [0.25, 0.3) is 0 Å². The van der Waals surface area contributed by atoms with E-state index >= 15 is 0 Å². The van der Waals surface area contributed by atoms with E-state index in [2.05, 4.69) is 12.2 Å². The SMILES string of the molecule is CCNc1ccc(OC(C)c2cccc(F)c2)cc1. The lowest BCUT2D eigenvalue weighted by molar-refractivity contribution is 0.226. The minimum absolute atomic E-state index is 0.180. The summed E-state index contributed by atoms with van der Waals surface area (Å²) in [5.74, 6) is 0.536. The maximum atomic E-state index is 13.1. The molecule has 0 aliphatic carbocycles. The van der Waals surface area contributed by atoms with E-state index in [9.17, 15) is 4.39 Å². The van der Waals surface area contributed by atoms with Gasteiger partial charge in [-0.05, 0) is 55.8 Å². The maximum Gasteiger partial charge on any atom is 0.123 e. The first-order valence-corrected chi connectivity index (χ1v) is 6.45. The van der Waals surface area contributed by atoms with E-state index in [-0.39, 0.29) is 11.9 Å². The third-order valence-corrected chi connectivity index (χ3v) is 2.87. The van der Waals surface area contributed by atoms with Crippen LogP contribution in [-0.4, -0.2) is 6.54 Å². The number of halogens is 1. The molecule has 0 saturated heterocycles. The van der Waals surface area contributed by atoms with Crippen molar-refractivity contribution in [2.24, 2.45) is 0 Å². The standard InChI is InChI=1S/C16H18FNO/c1-3-18-15-7-9-16(10-8-15)19-12(2)13-5-4-6-14(17)11-13/h4-12,18H,3H2,1-2H3. The predicted molar refractivity (Wildman–Crippen MR) is 76.0 cm³/mol. The van der Waals surface area contributed by atoms with E-state index in [1.807, 2.05) is 37.3 Å². The average Bonchev–Trinajstić information content (AvgIpc) is 2.41. The molecule has 2 nitrogen and oxygen atoms in total. The number of nitrogens with one attached hydrogen (secondary N) is 1. The highest BCUT2D eigenvalue weighted by Gasteiger charge is 2.08. The van der Waals surface area contributed by atoms with Crippen LogP contribution < -0.4 is 10.1 Å². The summed E-state index contributed by atoms with van der Waals surface area (Å²) in [5.41, 5.74) is 1.89. The first-order valence-electron chi connectivity index (χ1n) is 6.45. The van der Waals surface area contributed by atoms with Crippen molar-refractivity contribution >= 4 is 5.69 Å². The fourth-order valence-corrected chi connectivity index (χ4v) is 1.89. The molecule has 19 heavy (non-hydrogen) atoms. The number of hydrogen-bond donors (Lipinski definition) is 1. The van der Waals surface area contributed by atoms with Gasteiger partial charge in [0, 0.05) is 12.2 Å². The minimum atomic E-state index is -0.240. The minimum Gasteiger partial charge on any atom is -0.486 e. The van der Waals surface area contributed by atoms with Gasteiger partial charge in [0.05, 0.1) is 0 Å². The summed E-state index contributed by atoms with van der Waals surface area (Å²) in [4.78, 5) is 0. The van der Waals surface area contributed by atoms with Gasteiger partial charge in [-0.3, -0.25) is 0 Å². The smallest absolute Gasteiger partial charge is 0.123 e. The molecule has 3 heteroatoms. The Hall–Kier alpha value is -2.03. The van der Waals surface area contributed by atoms with Crippen LogP contribution in [0.2, 0.25) is 0 Å². The van der Waals surface area contributed by atoms with Gasteiger partial charge in [-0.2, -0.15) is 0 Å². The molecule has 100 valence electrons. The highest BCUT2D eigenvalue weighted by atomic mass is 19.1. The molecule has 2 aromatic carbocycles. The molecule has 0 bridgehead atoms. The van der Waals surface area contributed by atoms with Crippen molar-refractivity contribution in [1.29, 1.82) is 0 Å². The highest BCUT2D eigenvalue weighted by molar-refractivity contribution is 5.46. The van der Waals surface area contributed by atoms with Crippen LogP contribution in [0.4, 0.5) is 10.1 Å². The number of ether oxygens (including phenoxy) is 1. The van der Waals surface area contributed by atoms with Gasteiger partial charge in [0.1, 0.15) is 17.7 Å². The fourth-order valence-electron chi connectivity index (χ4n) is 1.89. The molecule has 2 aromatic rings. The van der Waals surface area contributed by atoms with Crippen molar-refractivity contribution in [3.63, 3.8) is 0 Å². The summed E-state index contributed by atoms with van der Waals surface area (Å²) in [6.45, 7) is 4.85. The van der Waals surface area contributed by atoms with Crippen molar-refractivity contribution in [2.75, 3.05) is 11.9 Å². The zero-order chi connectivity index (χ0) is 13.7. The van der Waals surface area contributed by atoms with Gasteiger partial charge in [-0.1, -0.05) is 12.1 Å². The third-order valence-electron chi connectivity index (χ3n) is 2.87. The molecule has 0 saturated carbocycles. The van der Waals surface area contributed by atoms with Crippen molar-refractivity contribution in [2.45, 2.75) is 20.0 Å². The van der Waals surface area contributed by atoms with E-state index in [0.29, 0.717) is 0 Å². The molecule has 0 aliphatic heterocycles. The molecule has 1 N–H and O–H groups in total. The van der Waals surface area contributed by atoms with Crippen molar-refractivity contribution in [3.05, 3.63) is 59.9 Å². The summed E-state index contributed by atoms with van der Waals surface area (Å²) in [6.07, 6.45) is -0.180.